The second-order valence-electron chi connectivity index (χ2n) is 5.50. The van der Waals surface area contributed by atoms with Gasteiger partial charge in [0.15, 0.2) is 0 Å². The van der Waals surface area contributed by atoms with Crippen molar-refractivity contribution in [3.63, 3.8) is 0 Å². The van der Waals surface area contributed by atoms with Gasteiger partial charge in [-0.2, -0.15) is 0 Å². The molecule has 6 heteroatoms. The first-order valence-electron chi connectivity index (χ1n) is 6.96. The van der Waals surface area contributed by atoms with Crippen LogP contribution in [0.25, 0.3) is 0 Å². The number of piperidine rings is 1. The molecule has 1 aliphatic carbocycles. The number of nitrogens with two attached hydrogens (primary N) is 1. The molecule has 6 nitrogen and oxygen atoms in total. The van der Waals surface area contributed by atoms with E-state index < -0.39 is 17.8 Å². The number of rotatable bonds is 3. The standard InChI is InChI=1S/C14H20N2O4/c15-12(17)9-5-7-16(8-6-9)13(18)10-3-1-2-4-11(10)14(19)20/h1-2,9-11H,3-8H2,(H2,15,17)(H,19,20)/t10-,11-/m0/s1. The minimum atomic E-state index is -0.917. The summed E-state index contributed by atoms with van der Waals surface area (Å²) in [7, 11) is 0. The molecule has 2 atom stereocenters. The van der Waals surface area contributed by atoms with Gasteiger partial charge in [0, 0.05) is 19.0 Å². The number of allylic oxidation sites excluding steroid dienone is 2. The molecule has 0 bridgehead atoms. The first-order valence-corrected chi connectivity index (χ1v) is 6.96. The number of aliphatic carboxylic acids is 1. The zero-order valence-corrected chi connectivity index (χ0v) is 11.3. The fourth-order valence-electron chi connectivity index (χ4n) is 2.98. The number of hydrogen-bond acceptors (Lipinski definition) is 3. The van der Waals surface area contributed by atoms with Crippen molar-refractivity contribution in [3.05, 3.63) is 12.2 Å². The molecule has 0 spiro atoms. The van der Waals surface area contributed by atoms with Crippen LogP contribution in [0.3, 0.4) is 0 Å². The molecule has 2 amide bonds. The summed E-state index contributed by atoms with van der Waals surface area (Å²) in [5.41, 5.74) is 5.26. The Hall–Kier alpha value is -1.85. The average Bonchev–Trinajstić information content (AvgIpc) is 2.46. The molecule has 20 heavy (non-hydrogen) atoms. The maximum absolute atomic E-state index is 12.5. The van der Waals surface area contributed by atoms with E-state index in [-0.39, 0.29) is 17.7 Å². The minimum absolute atomic E-state index is 0.107. The van der Waals surface area contributed by atoms with Crippen LogP contribution < -0.4 is 5.73 Å². The lowest BCUT2D eigenvalue weighted by Gasteiger charge is -2.35. The van der Waals surface area contributed by atoms with Crippen LogP contribution in [-0.4, -0.2) is 40.9 Å². The maximum Gasteiger partial charge on any atom is 0.307 e. The fraction of sp³-hybridized carbons (Fsp3) is 0.643. The van der Waals surface area contributed by atoms with Crippen LogP contribution in [0.15, 0.2) is 12.2 Å². The van der Waals surface area contributed by atoms with E-state index in [0.717, 1.165) is 0 Å². The summed E-state index contributed by atoms with van der Waals surface area (Å²) in [6.07, 6.45) is 5.72. The van der Waals surface area contributed by atoms with Gasteiger partial charge >= 0.3 is 5.97 Å². The number of hydrogen-bond donors (Lipinski definition) is 2. The van der Waals surface area contributed by atoms with Crippen molar-refractivity contribution in [1.29, 1.82) is 0 Å². The number of amides is 2. The Kier molecular flexibility index (Phi) is 4.42. The Labute approximate surface area is 117 Å². The van der Waals surface area contributed by atoms with Crippen LogP contribution in [0.2, 0.25) is 0 Å². The van der Waals surface area contributed by atoms with E-state index in [9.17, 15) is 19.5 Å². The van der Waals surface area contributed by atoms with Gasteiger partial charge in [0.25, 0.3) is 0 Å². The second kappa shape index (κ2) is 6.07. The van der Waals surface area contributed by atoms with Crippen LogP contribution in [0.1, 0.15) is 25.7 Å². The number of primary amides is 1. The predicted octanol–water partition coefficient (Wildman–Crippen LogP) is 0.377. The summed E-state index contributed by atoms with van der Waals surface area (Å²) in [5, 5.41) is 9.20. The number of carboxylic acids is 1. The minimum Gasteiger partial charge on any atom is -0.481 e. The van der Waals surface area contributed by atoms with Crippen molar-refractivity contribution in [2.24, 2.45) is 23.5 Å². The van der Waals surface area contributed by atoms with Crippen LogP contribution in [0.4, 0.5) is 0 Å². The van der Waals surface area contributed by atoms with Crippen LogP contribution in [-0.2, 0) is 14.4 Å². The molecule has 0 unspecified atom stereocenters. The summed E-state index contributed by atoms with van der Waals surface area (Å²) in [5.74, 6) is -2.63. The van der Waals surface area contributed by atoms with E-state index in [1.54, 1.807) is 4.90 Å². The maximum atomic E-state index is 12.5. The fourth-order valence-corrected chi connectivity index (χ4v) is 2.98. The first-order chi connectivity index (χ1) is 9.50. The molecule has 0 aromatic carbocycles. The molecule has 110 valence electrons. The topological polar surface area (TPSA) is 101 Å². The van der Waals surface area contributed by atoms with Crippen molar-refractivity contribution < 1.29 is 19.5 Å². The summed E-state index contributed by atoms with van der Waals surface area (Å²) >= 11 is 0. The number of nitrogens with zero attached hydrogens (tertiary/aromatic N) is 1. The van der Waals surface area contributed by atoms with Crippen molar-refractivity contribution in [2.75, 3.05) is 13.1 Å². The smallest absolute Gasteiger partial charge is 0.307 e. The van der Waals surface area contributed by atoms with Gasteiger partial charge in [-0.1, -0.05) is 12.2 Å². The molecular weight excluding hydrogens is 260 g/mol. The largest absolute Gasteiger partial charge is 0.481 e. The summed E-state index contributed by atoms with van der Waals surface area (Å²) in [6.45, 7) is 0.970. The molecule has 1 aliphatic heterocycles. The highest BCUT2D eigenvalue weighted by molar-refractivity contribution is 5.85. The molecule has 2 rings (SSSR count). The van der Waals surface area contributed by atoms with E-state index >= 15 is 0 Å². The molecular formula is C14H20N2O4. The third-order valence-corrected chi connectivity index (χ3v) is 4.28. The van der Waals surface area contributed by atoms with Gasteiger partial charge in [-0.25, -0.2) is 0 Å². The predicted molar refractivity (Wildman–Crippen MR) is 71.5 cm³/mol. The van der Waals surface area contributed by atoms with Gasteiger partial charge < -0.3 is 15.7 Å². The average molecular weight is 280 g/mol. The second-order valence-corrected chi connectivity index (χ2v) is 5.50. The lowest BCUT2D eigenvalue weighted by atomic mass is 9.81. The zero-order valence-electron chi connectivity index (χ0n) is 11.3. The molecule has 0 aromatic heterocycles. The number of likely N-dealkylation sites (tertiary alicyclic amines) is 1. The quantitative estimate of drug-likeness (QED) is 0.730. The third kappa shape index (κ3) is 3.00. The molecule has 1 fully saturated rings. The number of carbonyl (C=O) groups is 3. The summed E-state index contributed by atoms with van der Waals surface area (Å²) in [6, 6.07) is 0. The molecule has 0 radical (unpaired) electrons. The number of carboxylic acid groups (broad SMARTS) is 1. The molecule has 1 saturated heterocycles. The Morgan fingerprint density at radius 3 is 2.10 bits per heavy atom. The van der Waals surface area contributed by atoms with Gasteiger partial charge in [-0.3, -0.25) is 14.4 Å². The lowest BCUT2D eigenvalue weighted by molar-refractivity contribution is -0.151. The van der Waals surface area contributed by atoms with E-state index in [2.05, 4.69) is 0 Å². The van der Waals surface area contributed by atoms with Crippen LogP contribution >= 0.6 is 0 Å². The van der Waals surface area contributed by atoms with Crippen molar-refractivity contribution >= 4 is 17.8 Å². The molecule has 3 N–H and O–H groups in total. The molecule has 0 aromatic rings. The van der Waals surface area contributed by atoms with Gasteiger partial charge in [0.1, 0.15) is 0 Å². The lowest BCUT2D eigenvalue weighted by Crippen LogP contribution is -2.46. The monoisotopic (exact) mass is 280 g/mol. The Morgan fingerprint density at radius 2 is 1.60 bits per heavy atom. The van der Waals surface area contributed by atoms with Gasteiger partial charge in [-0.05, 0) is 25.7 Å². The van der Waals surface area contributed by atoms with Gasteiger partial charge in [-0.15, -0.1) is 0 Å². The van der Waals surface area contributed by atoms with Gasteiger partial charge in [0.05, 0.1) is 11.8 Å². The normalized spacial score (nSPS) is 27.3. The molecule has 0 saturated carbocycles. The Balaban J connectivity index is 1.99. The van der Waals surface area contributed by atoms with Crippen molar-refractivity contribution in [2.45, 2.75) is 25.7 Å². The number of carbonyl (C=O) groups excluding carboxylic acids is 2. The van der Waals surface area contributed by atoms with Gasteiger partial charge in [0.2, 0.25) is 11.8 Å². The van der Waals surface area contributed by atoms with E-state index in [1.165, 1.54) is 0 Å². The van der Waals surface area contributed by atoms with Crippen LogP contribution in [0, 0.1) is 17.8 Å². The zero-order chi connectivity index (χ0) is 14.7. The Morgan fingerprint density at radius 1 is 1.05 bits per heavy atom. The van der Waals surface area contributed by atoms with E-state index in [1.807, 2.05) is 12.2 Å². The van der Waals surface area contributed by atoms with E-state index in [0.29, 0.717) is 38.8 Å². The highest BCUT2D eigenvalue weighted by Gasteiger charge is 2.37. The highest BCUT2D eigenvalue weighted by atomic mass is 16.4. The third-order valence-electron chi connectivity index (χ3n) is 4.28. The van der Waals surface area contributed by atoms with Crippen molar-refractivity contribution in [3.8, 4) is 0 Å². The molecule has 2 aliphatic rings. The molecule has 1 heterocycles. The summed E-state index contributed by atoms with van der Waals surface area (Å²) in [4.78, 5) is 36.5. The Bertz CT molecular complexity index is 438. The summed E-state index contributed by atoms with van der Waals surface area (Å²) < 4.78 is 0. The van der Waals surface area contributed by atoms with E-state index in [4.69, 9.17) is 5.73 Å². The first kappa shape index (κ1) is 14.6. The SMILES string of the molecule is NC(=O)C1CCN(C(=O)[C@H]2CC=CC[C@@H]2C(=O)O)CC1. The van der Waals surface area contributed by atoms with Crippen molar-refractivity contribution in [1.82, 2.24) is 4.90 Å². The highest BCUT2D eigenvalue weighted by Crippen LogP contribution is 2.29. The van der Waals surface area contributed by atoms with Crippen LogP contribution in [0.5, 0.6) is 0 Å².